The van der Waals surface area contributed by atoms with Crippen LogP contribution >= 0.6 is 0 Å². The van der Waals surface area contributed by atoms with Gasteiger partial charge in [-0.15, -0.1) is 5.10 Å². The van der Waals surface area contributed by atoms with Crippen LogP contribution in [0.2, 0.25) is 0 Å². The molecule has 1 aromatic heterocycles. The van der Waals surface area contributed by atoms with Crippen molar-refractivity contribution in [3.8, 4) is 0 Å². The Bertz CT molecular complexity index is 431. The van der Waals surface area contributed by atoms with Crippen LogP contribution in [0.5, 0.6) is 0 Å². The van der Waals surface area contributed by atoms with E-state index < -0.39 is 0 Å². The fraction of sp³-hybridized carbons (Fsp3) is 0.929. The first kappa shape index (κ1) is 11.8. The molecule has 19 heavy (non-hydrogen) atoms. The van der Waals surface area contributed by atoms with E-state index in [-0.39, 0.29) is 0 Å². The van der Waals surface area contributed by atoms with Crippen LogP contribution in [-0.4, -0.2) is 26.8 Å². The summed E-state index contributed by atoms with van der Waals surface area (Å²) < 4.78 is 1.92. The summed E-state index contributed by atoms with van der Waals surface area (Å²) in [4.78, 5) is 0. The summed E-state index contributed by atoms with van der Waals surface area (Å²) in [6.07, 6.45) is 9.79. The summed E-state index contributed by atoms with van der Waals surface area (Å²) in [6.45, 7) is 1.35. The van der Waals surface area contributed by atoms with Crippen molar-refractivity contribution in [3.63, 3.8) is 0 Å². The molecule has 0 unspecified atom stereocenters. The minimum atomic E-state index is 0.510. The first-order valence-corrected chi connectivity index (χ1v) is 7.71. The van der Waals surface area contributed by atoms with E-state index in [4.69, 9.17) is 5.73 Å². The van der Waals surface area contributed by atoms with Crippen molar-refractivity contribution in [1.82, 2.24) is 20.2 Å². The number of aromatic nitrogens is 4. The zero-order valence-electron chi connectivity index (χ0n) is 11.5. The molecule has 0 saturated heterocycles. The lowest BCUT2D eigenvalue weighted by Gasteiger charge is -2.56. The van der Waals surface area contributed by atoms with Crippen molar-refractivity contribution in [2.75, 3.05) is 6.54 Å². The number of hydrogen-bond donors (Lipinski definition) is 1. The maximum absolute atomic E-state index is 5.63. The van der Waals surface area contributed by atoms with Gasteiger partial charge in [0.15, 0.2) is 5.82 Å². The average molecular weight is 261 g/mol. The zero-order valence-corrected chi connectivity index (χ0v) is 11.5. The first-order chi connectivity index (χ1) is 9.26. The van der Waals surface area contributed by atoms with E-state index in [9.17, 15) is 0 Å². The van der Waals surface area contributed by atoms with Crippen molar-refractivity contribution in [3.05, 3.63) is 5.82 Å². The smallest absolute Gasteiger partial charge is 0.151 e. The van der Waals surface area contributed by atoms with Crippen LogP contribution < -0.4 is 5.73 Å². The van der Waals surface area contributed by atoms with Crippen LogP contribution in [0.1, 0.15) is 44.3 Å². The van der Waals surface area contributed by atoms with Gasteiger partial charge < -0.3 is 5.73 Å². The third kappa shape index (κ3) is 1.98. The Labute approximate surface area is 113 Å². The summed E-state index contributed by atoms with van der Waals surface area (Å²) in [6, 6.07) is 0. The summed E-state index contributed by atoms with van der Waals surface area (Å²) in [7, 11) is 0. The lowest BCUT2D eigenvalue weighted by molar-refractivity contribution is -0.0536. The molecule has 1 heterocycles. The van der Waals surface area contributed by atoms with Crippen LogP contribution in [0.4, 0.5) is 0 Å². The predicted octanol–water partition coefficient (Wildman–Crippen LogP) is 1.39. The quantitative estimate of drug-likeness (QED) is 0.889. The Kier molecular flexibility index (Phi) is 2.65. The van der Waals surface area contributed by atoms with Crippen LogP contribution in [0.15, 0.2) is 0 Å². The molecular formula is C14H23N5. The second-order valence-corrected chi connectivity index (χ2v) is 7.20. The lowest BCUT2D eigenvalue weighted by Crippen LogP contribution is -2.47. The first-order valence-electron chi connectivity index (χ1n) is 7.71. The van der Waals surface area contributed by atoms with Gasteiger partial charge in [0.2, 0.25) is 0 Å². The highest BCUT2D eigenvalue weighted by molar-refractivity contribution is 5.05. The summed E-state index contributed by atoms with van der Waals surface area (Å²) in [5.74, 6) is 4.03. The molecule has 0 amide bonds. The summed E-state index contributed by atoms with van der Waals surface area (Å²) in [5, 5.41) is 12.2. The molecule has 4 aliphatic rings. The van der Waals surface area contributed by atoms with Gasteiger partial charge in [0.05, 0.1) is 6.54 Å². The van der Waals surface area contributed by atoms with E-state index in [0.717, 1.165) is 36.5 Å². The van der Waals surface area contributed by atoms with E-state index in [1.807, 2.05) is 4.68 Å². The molecule has 4 bridgehead atoms. The minimum absolute atomic E-state index is 0.510. The molecule has 0 aromatic carbocycles. The SMILES string of the molecule is NCCn1nnnc1CC12CC3CC(CC(C3)C1)C2. The van der Waals surface area contributed by atoms with Crippen LogP contribution in [0.25, 0.3) is 0 Å². The van der Waals surface area contributed by atoms with Gasteiger partial charge in [0.1, 0.15) is 0 Å². The largest absolute Gasteiger partial charge is 0.329 e. The van der Waals surface area contributed by atoms with Gasteiger partial charge in [-0.25, -0.2) is 4.68 Å². The van der Waals surface area contributed by atoms with E-state index in [2.05, 4.69) is 15.5 Å². The molecule has 0 spiro atoms. The molecule has 1 aromatic rings. The highest BCUT2D eigenvalue weighted by Gasteiger charge is 2.51. The molecule has 5 nitrogen and oxygen atoms in total. The second kappa shape index (κ2) is 4.27. The molecule has 5 heteroatoms. The molecule has 0 radical (unpaired) electrons. The van der Waals surface area contributed by atoms with Gasteiger partial charge in [0, 0.05) is 13.0 Å². The number of rotatable bonds is 4. The molecule has 0 atom stereocenters. The van der Waals surface area contributed by atoms with Gasteiger partial charge in [-0.05, 0) is 72.1 Å². The molecule has 5 rings (SSSR count). The highest BCUT2D eigenvalue weighted by Crippen LogP contribution is 2.60. The van der Waals surface area contributed by atoms with E-state index in [1.165, 1.54) is 38.5 Å². The lowest BCUT2D eigenvalue weighted by atomic mass is 9.49. The maximum atomic E-state index is 5.63. The summed E-state index contributed by atoms with van der Waals surface area (Å²) >= 11 is 0. The number of nitrogens with two attached hydrogens (primary N) is 1. The van der Waals surface area contributed by atoms with Gasteiger partial charge >= 0.3 is 0 Å². The number of nitrogens with zero attached hydrogens (tertiary/aromatic N) is 4. The van der Waals surface area contributed by atoms with Crippen LogP contribution in [-0.2, 0) is 13.0 Å². The Morgan fingerprint density at radius 1 is 1.11 bits per heavy atom. The molecule has 4 fully saturated rings. The number of tetrazole rings is 1. The standard InChI is InChI=1S/C14H23N5/c15-1-2-19-13(16-17-18-19)9-14-6-10-3-11(7-14)5-12(4-10)8-14/h10-12H,1-9,15H2. The summed E-state index contributed by atoms with van der Waals surface area (Å²) in [5.41, 5.74) is 6.14. The van der Waals surface area contributed by atoms with Crippen molar-refractivity contribution >= 4 is 0 Å². The van der Waals surface area contributed by atoms with Crippen LogP contribution in [0, 0.1) is 23.2 Å². The van der Waals surface area contributed by atoms with Gasteiger partial charge in [-0.3, -0.25) is 0 Å². The van der Waals surface area contributed by atoms with Gasteiger partial charge in [-0.2, -0.15) is 0 Å². The average Bonchev–Trinajstić information content (AvgIpc) is 2.74. The third-order valence-corrected chi connectivity index (χ3v) is 5.65. The Balaban J connectivity index is 1.57. The topological polar surface area (TPSA) is 69.6 Å². The van der Waals surface area contributed by atoms with Gasteiger partial charge in [0.25, 0.3) is 0 Å². The fourth-order valence-electron chi connectivity index (χ4n) is 5.49. The predicted molar refractivity (Wildman–Crippen MR) is 71.2 cm³/mol. The molecule has 0 aliphatic heterocycles. The van der Waals surface area contributed by atoms with Crippen molar-refractivity contribution in [2.24, 2.45) is 28.9 Å². The molecule has 104 valence electrons. The fourth-order valence-corrected chi connectivity index (χ4v) is 5.49. The third-order valence-electron chi connectivity index (χ3n) is 5.65. The Morgan fingerprint density at radius 2 is 1.74 bits per heavy atom. The number of hydrogen-bond acceptors (Lipinski definition) is 4. The Hall–Kier alpha value is -0.970. The van der Waals surface area contributed by atoms with E-state index in [1.54, 1.807) is 0 Å². The monoisotopic (exact) mass is 261 g/mol. The normalized spacial score (nSPS) is 39.9. The molecule has 4 saturated carbocycles. The van der Waals surface area contributed by atoms with Crippen molar-refractivity contribution < 1.29 is 0 Å². The van der Waals surface area contributed by atoms with Crippen molar-refractivity contribution in [1.29, 1.82) is 0 Å². The Morgan fingerprint density at radius 3 is 2.32 bits per heavy atom. The molecular weight excluding hydrogens is 238 g/mol. The van der Waals surface area contributed by atoms with Crippen LogP contribution in [0.3, 0.4) is 0 Å². The molecule has 2 N–H and O–H groups in total. The minimum Gasteiger partial charge on any atom is -0.329 e. The van der Waals surface area contributed by atoms with Crippen molar-refractivity contribution in [2.45, 2.75) is 51.5 Å². The van der Waals surface area contributed by atoms with E-state index >= 15 is 0 Å². The highest BCUT2D eigenvalue weighted by atomic mass is 15.5. The maximum Gasteiger partial charge on any atom is 0.151 e. The molecule has 4 aliphatic carbocycles. The van der Waals surface area contributed by atoms with Gasteiger partial charge in [-0.1, -0.05) is 0 Å². The van der Waals surface area contributed by atoms with E-state index in [0.29, 0.717) is 12.0 Å². The zero-order chi connectivity index (χ0) is 12.9. The second-order valence-electron chi connectivity index (χ2n) is 7.20.